The van der Waals surface area contributed by atoms with Crippen LogP contribution in [0.4, 0.5) is 0 Å². The first kappa shape index (κ1) is 11.1. The van der Waals surface area contributed by atoms with E-state index in [1.807, 2.05) is 13.0 Å². The summed E-state index contributed by atoms with van der Waals surface area (Å²) in [5.41, 5.74) is 2.33. The number of hydrogen-bond donors (Lipinski definition) is 1. The Morgan fingerprint density at radius 3 is 2.57 bits per heavy atom. The van der Waals surface area contributed by atoms with Crippen molar-refractivity contribution in [2.24, 2.45) is 0 Å². The van der Waals surface area contributed by atoms with Crippen molar-refractivity contribution in [3.8, 4) is 5.75 Å². The van der Waals surface area contributed by atoms with Gasteiger partial charge in [-0.2, -0.15) is 0 Å². The molecule has 14 heavy (non-hydrogen) atoms. The molecule has 0 aromatic heterocycles. The largest absolute Gasteiger partial charge is 0.506 e. The average Bonchev–Trinajstić information content (AvgIpc) is 2.10. The Morgan fingerprint density at radius 2 is 2.07 bits per heavy atom. The van der Waals surface area contributed by atoms with Crippen LogP contribution in [-0.4, -0.2) is 10.9 Å². The number of aryl methyl sites for hydroxylation is 1. The van der Waals surface area contributed by atoms with Gasteiger partial charge in [-0.3, -0.25) is 4.79 Å². The van der Waals surface area contributed by atoms with Crippen LogP contribution < -0.4 is 0 Å². The van der Waals surface area contributed by atoms with Crippen LogP contribution in [0.3, 0.4) is 0 Å². The van der Waals surface area contributed by atoms with Gasteiger partial charge in [0.05, 0.1) is 5.02 Å². The molecular formula is C11H13ClO2. The van der Waals surface area contributed by atoms with Crippen LogP contribution in [0, 0.1) is 13.8 Å². The fourth-order valence-electron chi connectivity index (χ4n) is 1.39. The number of hydrogen-bond acceptors (Lipinski definition) is 2. The summed E-state index contributed by atoms with van der Waals surface area (Å²) in [6.45, 7) is 5.10. The fraction of sp³-hybridized carbons (Fsp3) is 0.364. The molecular weight excluding hydrogens is 200 g/mol. The molecule has 0 unspecified atom stereocenters. The van der Waals surface area contributed by atoms with Crippen molar-refractivity contribution in [2.75, 3.05) is 0 Å². The Balaban J connectivity index is 3.25. The third-order valence-corrected chi connectivity index (χ3v) is 2.70. The molecule has 0 atom stereocenters. The lowest BCUT2D eigenvalue weighted by molar-refractivity contribution is -0.116. The minimum absolute atomic E-state index is 0.0780. The lowest BCUT2D eigenvalue weighted by atomic mass is 10.00. The molecule has 0 heterocycles. The van der Waals surface area contributed by atoms with E-state index in [0.717, 1.165) is 11.1 Å². The van der Waals surface area contributed by atoms with Gasteiger partial charge in [0.15, 0.2) is 0 Å². The molecule has 0 fully saturated rings. The van der Waals surface area contributed by atoms with E-state index >= 15 is 0 Å². The van der Waals surface area contributed by atoms with E-state index in [9.17, 15) is 9.90 Å². The molecule has 0 saturated carbocycles. The highest BCUT2D eigenvalue weighted by molar-refractivity contribution is 6.32. The van der Waals surface area contributed by atoms with Crippen molar-refractivity contribution in [2.45, 2.75) is 27.2 Å². The van der Waals surface area contributed by atoms with Gasteiger partial charge in [0.2, 0.25) is 0 Å². The van der Waals surface area contributed by atoms with Crippen molar-refractivity contribution in [1.82, 2.24) is 0 Å². The van der Waals surface area contributed by atoms with Crippen LogP contribution in [0.25, 0.3) is 0 Å². The summed E-state index contributed by atoms with van der Waals surface area (Å²) in [4.78, 5) is 11.0. The summed E-state index contributed by atoms with van der Waals surface area (Å²) in [6, 6.07) is 1.85. The third kappa shape index (κ3) is 2.07. The van der Waals surface area contributed by atoms with Crippen LogP contribution in [0.2, 0.25) is 5.02 Å². The van der Waals surface area contributed by atoms with Gasteiger partial charge < -0.3 is 5.11 Å². The quantitative estimate of drug-likeness (QED) is 0.819. The van der Waals surface area contributed by atoms with Crippen LogP contribution in [0.5, 0.6) is 5.75 Å². The first-order valence-corrected chi connectivity index (χ1v) is 4.78. The van der Waals surface area contributed by atoms with Crippen LogP contribution in [0.1, 0.15) is 23.6 Å². The van der Waals surface area contributed by atoms with Crippen molar-refractivity contribution >= 4 is 17.4 Å². The number of rotatable bonds is 2. The van der Waals surface area contributed by atoms with E-state index in [-0.39, 0.29) is 11.5 Å². The van der Waals surface area contributed by atoms with Gasteiger partial charge in [0.25, 0.3) is 0 Å². The number of phenols is 1. The zero-order valence-electron chi connectivity index (χ0n) is 8.52. The summed E-state index contributed by atoms with van der Waals surface area (Å²) >= 11 is 5.86. The Hall–Kier alpha value is -1.02. The van der Waals surface area contributed by atoms with E-state index in [4.69, 9.17) is 11.6 Å². The minimum Gasteiger partial charge on any atom is -0.506 e. The summed E-state index contributed by atoms with van der Waals surface area (Å²) in [7, 11) is 0. The molecule has 1 rings (SSSR count). The predicted molar refractivity (Wildman–Crippen MR) is 57.0 cm³/mol. The molecule has 1 N–H and O–H groups in total. The monoisotopic (exact) mass is 212 g/mol. The van der Waals surface area contributed by atoms with Crippen molar-refractivity contribution in [1.29, 1.82) is 0 Å². The Morgan fingerprint density at radius 1 is 1.50 bits per heavy atom. The van der Waals surface area contributed by atoms with Gasteiger partial charge in [-0.25, -0.2) is 0 Å². The first-order chi connectivity index (χ1) is 6.43. The number of carbonyl (C=O) groups excluding carboxylic acids is 1. The molecule has 0 amide bonds. The van der Waals surface area contributed by atoms with Gasteiger partial charge in [0.1, 0.15) is 11.5 Å². The molecule has 0 aliphatic heterocycles. The molecule has 0 radical (unpaired) electrons. The second-order valence-corrected chi connectivity index (χ2v) is 3.90. The van der Waals surface area contributed by atoms with Crippen molar-refractivity contribution in [3.63, 3.8) is 0 Å². The minimum atomic E-state index is 0.0780. The van der Waals surface area contributed by atoms with Crippen LogP contribution in [0.15, 0.2) is 6.07 Å². The number of carbonyl (C=O) groups is 1. The molecule has 1 aromatic carbocycles. The molecule has 0 spiro atoms. The maximum absolute atomic E-state index is 11.0. The van der Waals surface area contributed by atoms with Gasteiger partial charge in [-0.1, -0.05) is 17.7 Å². The highest BCUT2D eigenvalue weighted by Crippen LogP contribution is 2.32. The summed E-state index contributed by atoms with van der Waals surface area (Å²) in [5, 5.41) is 10.0. The van der Waals surface area contributed by atoms with E-state index in [0.29, 0.717) is 17.0 Å². The lowest BCUT2D eigenvalue weighted by Crippen LogP contribution is -2.00. The predicted octanol–water partition coefficient (Wildman–Crippen LogP) is 2.79. The maximum atomic E-state index is 11.0. The Kier molecular flexibility index (Phi) is 3.17. The van der Waals surface area contributed by atoms with E-state index < -0.39 is 0 Å². The Bertz CT molecular complexity index is 383. The van der Waals surface area contributed by atoms with Gasteiger partial charge in [-0.05, 0) is 37.5 Å². The first-order valence-electron chi connectivity index (χ1n) is 4.40. The number of halogens is 1. The molecule has 0 aliphatic rings. The number of phenolic OH excluding ortho intramolecular Hbond substituents is 1. The summed E-state index contributed by atoms with van der Waals surface area (Å²) in [6.07, 6.45) is 0.345. The van der Waals surface area contributed by atoms with Crippen LogP contribution >= 0.6 is 11.6 Å². The standard InChI is InChI=1S/C11H13ClO2/c1-6-4-9(5-7(2)13)8(3)11(14)10(6)12/h4,14H,5H2,1-3H3. The SMILES string of the molecule is CC(=O)Cc1cc(C)c(Cl)c(O)c1C. The molecule has 1 aromatic rings. The zero-order valence-corrected chi connectivity index (χ0v) is 9.27. The van der Waals surface area contributed by atoms with E-state index in [1.54, 1.807) is 6.92 Å². The maximum Gasteiger partial charge on any atom is 0.137 e. The Labute approximate surface area is 88.5 Å². The summed E-state index contributed by atoms with van der Waals surface area (Å²) in [5.74, 6) is 0.164. The lowest BCUT2D eigenvalue weighted by Gasteiger charge is -2.10. The molecule has 0 saturated heterocycles. The molecule has 76 valence electrons. The summed E-state index contributed by atoms with van der Waals surface area (Å²) < 4.78 is 0. The van der Waals surface area contributed by atoms with Gasteiger partial charge in [0, 0.05) is 6.42 Å². The third-order valence-electron chi connectivity index (χ3n) is 2.22. The number of Topliss-reactive ketones (excluding diaryl/α,β-unsaturated/α-hetero) is 1. The average molecular weight is 213 g/mol. The molecule has 2 nitrogen and oxygen atoms in total. The molecule has 0 bridgehead atoms. The zero-order chi connectivity index (χ0) is 10.9. The van der Waals surface area contributed by atoms with Crippen LogP contribution in [-0.2, 0) is 11.2 Å². The van der Waals surface area contributed by atoms with Gasteiger partial charge >= 0.3 is 0 Å². The smallest absolute Gasteiger partial charge is 0.137 e. The van der Waals surface area contributed by atoms with Crippen molar-refractivity contribution in [3.05, 3.63) is 27.8 Å². The molecule has 3 heteroatoms. The number of benzene rings is 1. The van der Waals surface area contributed by atoms with Gasteiger partial charge in [-0.15, -0.1) is 0 Å². The topological polar surface area (TPSA) is 37.3 Å². The fourth-order valence-corrected chi connectivity index (χ4v) is 1.58. The highest BCUT2D eigenvalue weighted by Gasteiger charge is 2.11. The normalized spacial score (nSPS) is 10.3. The molecule has 0 aliphatic carbocycles. The van der Waals surface area contributed by atoms with E-state index in [2.05, 4.69) is 0 Å². The highest BCUT2D eigenvalue weighted by atomic mass is 35.5. The number of aromatic hydroxyl groups is 1. The van der Waals surface area contributed by atoms with Crippen molar-refractivity contribution < 1.29 is 9.90 Å². The second kappa shape index (κ2) is 4.01. The van der Waals surface area contributed by atoms with E-state index in [1.165, 1.54) is 6.92 Å². The second-order valence-electron chi connectivity index (χ2n) is 3.52. The number of ketones is 1.